The van der Waals surface area contributed by atoms with Crippen molar-refractivity contribution in [1.29, 1.82) is 0 Å². The summed E-state index contributed by atoms with van der Waals surface area (Å²) in [5, 5.41) is 3.22. The molecule has 230 valence electrons. The van der Waals surface area contributed by atoms with Crippen molar-refractivity contribution in [2.45, 2.75) is 76.0 Å². The number of methoxy groups -OCH3 is 1. The van der Waals surface area contributed by atoms with Gasteiger partial charge in [0.2, 0.25) is 0 Å². The highest BCUT2D eigenvalue weighted by Gasteiger charge is 2.28. The minimum atomic E-state index is -4.06. The van der Waals surface area contributed by atoms with Gasteiger partial charge in [-0.3, -0.25) is 4.72 Å². The number of sulfone groups is 1. The number of rotatable bonds is 11. The Bertz CT molecular complexity index is 1650. The first-order valence-electron chi connectivity index (χ1n) is 14.1. The van der Waals surface area contributed by atoms with Gasteiger partial charge in [0.1, 0.15) is 5.75 Å². The normalized spacial score (nSPS) is 12.2. The summed E-state index contributed by atoms with van der Waals surface area (Å²) >= 11 is 0. The first-order valence-corrected chi connectivity index (χ1v) is 17.4. The van der Waals surface area contributed by atoms with Crippen LogP contribution in [0.3, 0.4) is 0 Å². The quantitative estimate of drug-likeness (QED) is 0.232. The van der Waals surface area contributed by atoms with E-state index in [2.05, 4.69) is 23.9 Å². The third-order valence-corrected chi connectivity index (χ3v) is 9.97. The van der Waals surface area contributed by atoms with Gasteiger partial charge in [0.15, 0.2) is 9.84 Å². The lowest BCUT2D eigenvalue weighted by Gasteiger charge is -2.23. The highest BCUT2D eigenvalue weighted by molar-refractivity contribution is 7.93. The second kappa shape index (κ2) is 12.6. The molecule has 8 nitrogen and oxygen atoms in total. The van der Waals surface area contributed by atoms with Crippen molar-refractivity contribution in [1.82, 2.24) is 0 Å². The summed E-state index contributed by atoms with van der Waals surface area (Å²) in [6, 6.07) is 12.2. The molecule has 42 heavy (non-hydrogen) atoms. The van der Waals surface area contributed by atoms with Gasteiger partial charge in [-0.05, 0) is 71.7 Å². The van der Waals surface area contributed by atoms with Gasteiger partial charge in [0.05, 0.1) is 34.0 Å². The van der Waals surface area contributed by atoms with E-state index in [0.29, 0.717) is 17.1 Å². The Morgan fingerprint density at radius 2 is 1.33 bits per heavy atom. The van der Waals surface area contributed by atoms with Crippen LogP contribution in [-0.2, 0) is 19.9 Å². The molecule has 0 saturated heterocycles. The molecule has 0 atom stereocenters. The lowest BCUT2D eigenvalue weighted by molar-refractivity contribution is 0.412. The number of ether oxygens (including phenoxy) is 1. The van der Waals surface area contributed by atoms with Gasteiger partial charge < -0.3 is 15.0 Å². The SMILES string of the molecule is COc1c(N(C)C)ccc(Nc2ccc(NS(=O)(=O)c3c(C(C)C)cc(C(C)C)cc3C(C)C)cc2S(C)(=O)=O)c1C. The molecule has 0 unspecified atom stereocenters. The van der Waals surface area contributed by atoms with Gasteiger partial charge in [-0.25, -0.2) is 16.8 Å². The minimum Gasteiger partial charge on any atom is -0.494 e. The zero-order chi connectivity index (χ0) is 31.7. The fourth-order valence-corrected chi connectivity index (χ4v) is 7.58. The minimum absolute atomic E-state index is 0.0268. The van der Waals surface area contributed by atoms with E-state index in [0.717, 1.165) is 34.2 Å². The van der Waals surface area contributed by atoms with Crippen LogP contribution < -0.4 is 19.7 Å². The van der Waals surface area contributed by atoms with Crippen molar-refractivity contribution in [3.63, 3.8) is 0 Å². The molecule has 0 fully saturated rings. The maximum absolute atomic E-state index is 14.0. The van der Waals surface area contributed by atoms with Gasteiger partial charge in [0.25, 0.3) is 10.0 Å². The average Bonchev–Trinajstić information content (AvgIpc) is 2.88. The van der Waals surface area contributed by atoms with E-state index < -0.39 is 19.9 Å². The van der Waals surface area contributed by atoms with E-state index in [4.69, 9.17) is 4.74 Å². The van der Waals surface area contributed by atoms with Crippen LogP contribution >= 0.6 is 0 Å². The predicted molar refractivity (Wildman–Crippen MR) is 174 cm³/mol. The van der Waals surface area contributed by atoms with Crippen LogP contribution in [-0.4, -0.2) is 44.3 Å². The Kier molecular flexibility index (Phi) is 9.94. The molecule has 0 aliphatic carbocycles. The molecule has 3 aromatic rings. The second-order valence-corrected chi connectivity index (χ2v) is 15.5. The third-order valence-electron chi connectivity index (χ3n) is 7.32. The standard InChI is InChI=1S/C32H45N3O5S2/c1-19(2)23-16-25(20(3)4)32(26(17-23)21(5)6)42(38,39)34-24-12-13-28(30(18-24)41(11,36)37)33-27-14-15-29(35(8)9)31(40-10)22(27)7/h12-21,33-34H,1-11H3. The average molecular weight is 616 g/mol. The molecule has 0 bridgehead atoms. The van der Waals surface area contributed by atoms with Crippen molar-refractivity contribution in [2.24, 2.45) is 0 Å². The van der Waals surface area contributed by atoms with Crippen molar-refractivity contribution < 1.29 is 21.6 Å². The molecule has 3 rings (SSSR count). The largest absolute Gasteiger partial charge is 0.494 e. The number of hydrogen-bond donors (Lipinski definition) is 2. The molecule has 0 amide bonds. The second-order valence-electron chi connectivity index (χ2n) is 11.9. The highest BCUT2D eigenvalue weighted by Crippen LogP contribution is 2.39. The highest BCUT2D eigenvalue weighted by atomic mass is 32.2. The Labute approximate surface area is 252 Å². The topological polar surface area (TPSA) is 105 Å². The molecule has 0 saturated carbocycles. The number of anilines is 4. The van der Waals surface area contributed by atoms with E-state index in [9.17, 15) is 16.8 Å². The molecular formula is C32H45N3O5S2. The Morgan fingerprint density at radius 1 is 0.786 bits per heavy atom. The number of hydrogen-bond acceptors (Lipinski definition) is 7. The zero-order valence-corrected chi connectivity index (χ0v) is 28.2. The van der Waals surface area contributed by atoms with Crippen LogP contribution in [0.15, 0.2) is 52.3 Å². The van der Waals surface area contributed by atoms with Crippen LogP contribution in [0.5, 0.6) is 5.75 Å². The number of nitrogens with one attached hydrogen (secondary N) is 2. The molecule has 0 radical (unpaired) electrons. The van der Waals surface area contributed by atoms with Crippen molar-refractivity contribution in [3.05, 3.63) is 64.7 Å². The Hall–Kier alpha value is -3.24. The van der Waals surface area contributed by atoms with Crippen molar-refractivity contribution in [3.8, 4) is 5.75 Å². The molecule has 0 aromatic heterocycles. The van der Waals surface area contributed by atoms with Crippen LogP contribution in [0.1, 0.15) is 81.5 Å². The molecule has 0 aliphatic heterocycles. The predicted octanol–water partition coefficient (Wildman–Crippen LogP) is 7.39. The van der Waals surface area contributed by atoms with Gasteiger partial charge in [-0.2, -0.15) is 0 Å². The molecule has 2 N–H and O–H groups in total. The summed E-state index contributed by atoms with van der Waals surface area (Å²) in [6.07, 6.45) is 1.10. The van der Waals surface area contributed by atoms with Crippen LogP contribution in [0.25, 0.3) is 0 Å². The summed E-state index contributed by atoms with van der Waals surface area (Å²) in [7, 11) is -2.38. The molecule has 10 heteroatoms. The Morgan fingerprint density at radius 3 is 1.79 bits per heavy atom. The smallest absolute Gasteiger partial charge is 0.262 e. The summed E-state index contributed by atoms with van der Waals surface area (Å²) < 4.78 is 62.1. The summed E-state index contributed by atoms with van der Waals surface area (Å²) in [4.78, 5) is 2.16. The number of benzene rings is 3. The van der Waals surface area contributed by atoms with Crippen LogP contribution in [0.2, 0.25) is 0 Å². The van der Waals surface area contributed by atoms with E-state index in [1.54, 1.807) is 19.2 Å². The number of nitrogens with zero attached hydrogens (tertiary/aromatic N) is 1. The summed E-state index contributed by atoms with van der Waals surface area (Å²) in [6.45, 7) is 14.0. The monoisotopic (exact) mass is 615 g/mol. The molecular weight excluding hydrogens is 571 g/mol. The van der Waals surface area contributed by atoms with E-state index in [1.165, 1.54) is 6.07 Å². The maximum Gasteiger partial charge on any atom is 0.262 e. The summed E-state index contributed by atoms with van der Waals surface area (Å²) in [5.74, 6) is 0.834. The lowest BCUT2D eigenvalue weighted by Crippen LogP contribution is -2.19. The number of sulfonamides is 1. The van der Waals surface area contributed by atoms with Gasteiger partial charge in [0, 0.05) is 31.6 Å². The van der Waals surface area contributed by atoms with Crippen molar-refractivity contribution in [2.75, 3.05) is 42.4 Å². The fraction of sp³-hybridized carbons (Fsp3) is 0.438. The molecule has 0 heterocycles. The lowest BCUT2D eigenvalue weighted by atomic mass is 9.89. The Balaban J connectivity index is 2.12. The molecule has 0 aliphatic rings. The van der Waals surface area contributed by atoms with E-state index >= 15 is 0 Å². The fourth-order valence-electron chi connectivity index (χ4n) is 4.97. The molecule has 3 aromatic carbocycles. The zero-order valence-electron chi connectivity index (χ0n) is 26.6. The van der Waals surface area contributed by atoms with Gasteiger partial charge in [-0.15, -0.1) is 0 Å². The van der Waals surface area contributed by atoms with Gasteiger partial charge >= 0.3 is 0 Å². The van der Waals surface area contributed by atoms with E-state index in [1.807, 2.05) is 77.9 Å². The third kappa shape index (κ3) is 7.03. The first-order chi connectivity index (χ1) is 19.4. The molecule has 0 spiro atoms. The first kappa shape index (κ1) is 33.3. The van der Waals surface area contributed by atoms with Crippen LogP contribution in [0, 0.1) is 6.92 Å². The van der Waals surface area contributed by atoms with Crippen molar-refractivity contribution >= 4 is 42.6 Å². The van der Waals surface area contributed by atoms with Crippen LogP contribution in [0.4, 0.5) is 22.7 Å². The van der Waals surface area contributed by atoms with Gasteiger partial charge in [-0.1, -0.05) is 53.7 Å². The van der Waals surface area contributed by atoms with E-state index in [-0.39, 0.29) is 33.2 Å². The maximum atomic E-state index is 14.0. The summed E-state index contributed by atoms with van der Waals surface area (Å²) in [5.41, 5.74) is 5.42.